The molecule has 2 aromatic carbocycles. The van der Waals surface area contributed by atoms with Crippen LogP contribution in [-0.4, -0.2) is 38.8 Å². The van der Waals surface area contributed by atoms with Gasteiger partial charge in [0.15, 0.2) is 0 Å². The molecule has 1 saturated carbocycles. The van der Waals surface area contributed by atoms with Gasteiger partial charge in [-0.05, 0) is 58.9 Å². The van der Waals surface area contributed by atoms with Crippen molar-refractivity contribution in [2.45, 2.75) is 84.6 Å². The molecule has 0 spiro atoms. The third kappa shape index (κ3) is 8.56. The molecular formula is C35H49NO4Si. The SMILES string of the molecule is CCC(CC)CC1CC(C#CC(=NOC)C(CCO[Si](c2ccccc2)(c2ccccc2)C(C)(C)C)CC(=O)O)C1. The molecule has 0 aromatic heterocycles. The summed E-state index contributed by atoms with van der Waals surface area (Å²) >= 11 is 0. The van der Waals surface area contributed by atoms with Crippen molar-refractivity contribution in [2.75, 3.05) is 13.7 Å². The van der Waals surface area contributed by atoms with Gasteiger partial charge in [0.05, 0.1) is 6.42 Å². The van der Waals surface area contributed by atoms with Crippen molar-refractivity contribution in [3.05, 3.63) is 60.7 Å². The van der Waals surface area contributed by atoms with Crippen molar-refractivity contribution in [2.24, 2.45) is 28.8 Å². The number of hydrogen-bond donors (Lipinski definition) is 1. The average molecular weight is 576 g/mol. The van der Waals surface area contributed by atoms with Crippen molar-refractivity contribution in [3.8, 4) is 11.8 Å². The molecule has 0 bridgehead atoms. The Kier molecular flexibility index (Phi) is 12.2. The maximum Gasteiger partial charge on any atom is 0.304 e. The van der Waals surface area contributed by atoms with E-state index in [2.05, 4.69) is 100 Å². The molecule has 5 nitrogen and oxygen atoms in total. The minimum absolute atomic E-state index is 0.0665. The number of benzene rings is 2. The third-order valence-corrected chi connectivity index (χ3v) is 13.7. The van der Waals surface area contributed by atoms with Crippen molar-refractivity contribution >= 4 is 30.4 Å². The zero-order valence-corrected chi connectivity index (χ0v) is 26.9. The highest BCUT2D eigenvalue weighted by molar-refractivity contribution is 6.99. The lowest BCUT2D eigenvalue weighted by Crippen LogP contribution is -2.66. The van der Waals surface area contributed by atoms with Gasteiger partial charge in [-0.25, -0.2) is 0 Å². The summed E-state index contributed by atoms with van der Waals surface area (Å²) in [4.78, 5) is 17.1. The van der Waals surface area contributed by atoms with Crippen LogP contribution < -0.4 is 10.4 Å². The lowest BCUT2D eigenvalue weighted by molar-refractivity contribution is -0.137. The Morgan fingerprint density at radius 2 is 1.59 bits per heavy atom. The van der Waals surface area contributed by atoms with E-state index < -0.39 is 20.2 Å². The molecule has 1 fully saturated rings. The Bertz CT molecular complexity index is 1130. The monoisotopic (exact) mass is 575 g/mol. The smallest absolute Gasteiger partial charge is 0.304 e. The summed E-state index contributed by atoms with van der Waals surface area (Å²) in [6.45, 7) is 11.7. The predicted octanol–water partition coefficient (Wildman–Crippen LogP) is 6.90. The molecule has 1 aliphatic rings. The number of nitrogens with zero attached hydrogens (tertiary/aromatic N) is 1. The first kappa shape index (κ1) is 32.6. The highest BCUT2D eigenvalue weighted by Crippen LogP contribution is 2.39. The van der Waals surface area contributed by atoms with E-state index in [1.807, 2.05) is 12.1 Å². The highest BCUT2D eigenvalue weighted by Gasteiger charge is 2.50. The molecule has 0 radical (unpaired) electrons. The van der Waals surface area contributed by atoms with Gasteiger partial charge in [-0.2, -0.15) is 0 Å². The normalized spacial score (nSPS) is 18.3. The summed E-state index contributed by atoms with van der Waals surface area (Å²) in [7, 11) is -1.23. The van der Waals surface area contributed by atoms with Crippen LogP contribution in [0.3, 0.4) is 0 Å². The van der Waals surface area contributed by atoms with Gasteiger partial charge in [0, 0.05) is 18.4 Å². The van der Waals surface area contributed by atoms with E-state index >= 15 is 0 Å². The molecule has 41 heavy (non-hydrogen) atoms. The Hall–Kier alpha value is -2.88. The second-order valence-corrected chi connectivity index (χ2v) is 16.8. The van der Waals surface area contributed by atoms with Gasteiger partial charge < -0.3 is 14.4 Å². The maximum absolute atomic E-state index is 11.9. The van der Waals surface area contributed by atoms with Gasteiger partial charge in [-0.3, -0.25) is 4.79 Å². The molecule has 222 valence electrons. The molecule has 0 heterocycles. The van der Waals surface area contributed by atoms with Crippen molar-refractivity contribution in [1.29, 1.82) is 0 Å². The first-order chi connectivity index (χ1) is 19.6. The summed E-state index contributed by atoms with van der Waals surface area (Å²) in [6.07, 6.45) is 6.42. The fraction of sp³-hybridized carbons (Fsp3) is 0.543. The van der Waals surface area contributed by atoms with Crippen LogP contribution in [0.4, 0.5) is 0 Å². The molecule has 1 N–H and O–H groups in total. The Morgan fingerprint density at radius 3 is 2.05 bits per heavy atom. The molecular weight excluding hydrogens is 526 g/mol. The van der Waals surface area contributed by atoms with E-state index in [0.29, 0.717) is 24.7 Å². The summed E-state index contributed by atoms with van der Waals surface area (Å²) in [5, 5.41) is 16.2. The quantitative estimate of drug-likeness (QED) is 0.115. The molecule has 0 amide bonds. The van der Waals surface area contributed by atoms with Crippen LogP contribution in [0.1, 0.15) is 79.6 Å². The van der Waals surface area contributed by atoms with E-state index in [4.69, 9.17) is 9.26 Å². The van der Waals surface area contributed by atoms with Crippen LogP contribution in [0.2, 0.25) is 5.04 Å². The Morgan fingerprint density at radius 1 is 1.02 bits per heavy atom. The Balaban J connectivity index is 1.81. The van der Waals surface area contributed by atoms with E-state index in [-0.39, 0.29) is 11.5 Å². The molecule has 3 rings (SSSR count). The Labute approximate surface area is 248 Å². The summed E-state index contributed by atoms with van der Waals surface area (Å²) in [6, 6.07) is 21.0. The topological polar surface area (TPSA) is 68.1 Å². The van der Waals surface area contributed by atoms with Crippen LogP contribution in [0.15, 0.2) is 65.8 Å². The summed E-state index contributed by atoms with van der Waals surface area (Å²) < 4.78 is 7.04. The van der Waals surface area contributed by atoms with E-state index in [1.54, 1.807) is 0 Å². The number of hydrogen-bond acceptors (Lipinski definition) is 4. The van der Waals surface area contributed by atoms with Crippen LogP contribution in [0, 0.1) is 35.5 Å². The molecule has 1 aliphatic carbocycles. The number of rotatable bonds is 14. The standard InChI is InChI=1S/C35H49NO4Si/c1-7-27(8-2)23-29-24-28(25-29)19-20-33(36-39-6)30(26-34(37)38)21-22-40-41(35(3,4)5,31-15-11-9-12-16-31)32-17-13-10-14-18-32/h9-18,27-30H,7-8,21-26H2,1-6H3,(H,37,38). The summed E-state index contributed by atoms with van der Waals surface area (Å²) in [5.41, 5.74) is 0.504. The second-order valence-electron chi connectivity index (χ2n) is 12.5. The number of carbonyl (C=O) groups is 1. The zero-order chi connectivity index (χ0) is 29.9. The van der Waals surface area contributed by atoms with E-state index in [1.165, 1.54) is 36.7 Å². The molecule has 0 aliphatic heterocycles. The van der Waals surface area contributed by atoms with Gasteiger partial charge in [-0.1, -0.05) is 119 Å². The molecule has 1 atom stereocenters. The highest BCUT2D eigenvalue weighted by atomic mass is 28.4. The van der Waals surface area contributed by atoms with E-state index in [0.717, 1.165) is 24.7 Å². The molecule has 1 unspecified atom stereocenters. The minimum Gasteiger partial charge on any atom is -0.481 e. The van der Waals surface area contributed by atoms with Crippen LogP contribution in [0.25, 0.3) is 0 Å². The van der Waals surface area contributed by atoms with Crippen LogP contribution in [0.5, 0.6) is 0 Å². The summed E-state index contributed by atoms with van der Waals surface area (Å²) in [5.74, 6) is 7.26. The first-order valence-corrected chi connectivity index (χ1v) is 17.1. The van der Waals surface area contributed by atoms with Crippen molar-refractivity contribution < 1.29 is 19.2 Å². The van der Waals surface area contributed by atoms with Crippen LogP contribution in [-0.2, 0) is 14.1 Å². The van der Waals surface area contributed by atoms with E-state index in [9.17, 15) is 9.90 Å². The average Bonchev–Trinajstić information content (AvgIpc) is 2.93. The number of aliphatic carboxylic acids is 1. The van der Waals surface area contributed by atoms with Gasteiger partial charge >= 0.3 is 5.97 Å². The van der Waals surface area contributed by atoms with Gasteiger partial charge in [0.2, 0.25) is 0 Å². The van der Waals surface area contributed by atoms with Gasteiger partial charge in [0.1, 0.15) is 12.8 Å². The van der Waals surface area contributed by atoms with Crippen molar-refractivity contribution in [1.82, 2.24) is 0 Å². The zero-order valence-electron chi connectivity index (χ0n) is 25.9. The minimum atomic E-state index is -2.72. The maximum atomic E-state index is 11.9. The number of oxime groups is 1. The lowest BCUT2D eigenvalue weighted by atomic mass is 9.70. The molecule has 2 aromatic rings. The first-order valence-electron chi connectivity index (χ1n) is 15.2. The van der Waals surface area contributed by atoms with Crippen molar-refractivity contribution in [3.63, 3.8) is 0 Å². The molecule has 6 heteroatoms. The van der Waals surface area contributed by atoms with Gasteiger partial charge in [0.25, 0.3) is 8.32 Å². The largest absolute Gasteiger partial charge is 0.481 e. The van der Waals surface area contributed by atoms with Gasteiger partial charge in [-0.15, -0.1) is 0 Å². The number of carboxylic acid groups (broad SMARTS) is 1. The van der Waals surface area contributed by atoms with Crippen LogP contribution >= 0.6 is 0 Å². The fourth-order valence-corrected chi connectivity index (χ4v) is 10.9. The molecule has 0 saturated heterocycles. The second kappa shape index (κ2) is 15.4. The lowest BCUT2D eigenvalue weighted by Gasteiger charge is -2.43. The fourth-order valence-electron chi connectivity index (χ4n) is 6.28. The predicted molar refractivity (Wildman–Crippen MR) is 171 cm³/mol. The third-order valence-electron chi connectivity index (χ3n) is 8.66. The number of carboxylic acids is 1.